The monoisotopic (exact) mass is 1060 g/mol. The number of nitrogens with zero attached hydrogens (tertiary/aromatic N) is 1. The first-order chi connectivity index (χ1) is 34.0. The number of benzene rings is 2. The first-order valence-corrected chi connectivity index (χ1v) is 26.2. The van der Waals surface area contributed by atoms with Crippen LogP contribution in [0, 0.1) is 5.92 Å². The maximum Gasteiger partial charge on any atom is 0.303 e. The van der Waals surface area contributed by atoms with Crippen molar-refractivity contribution in [2.75, 3.05) is 31.1 Å². The number of aliphatic hydroxyl groups is 1. The van der Waals surface area contributed by atoms with Gasteiger partial charge in [-0.2, -0.15) is 0 Å². The third kappa shape index (κ3) is 18.6. The summed E-state index contributed by atoms with van der Waals surface area (Å²) >= 11 is 6.15. The quantitative estimate of drug-likeness (QED) is 0.0804. The number of phenols is 2. The van der Waals surface area contributed by atoms with Crippen LogP contribution < -0.4 is 48.7 Å². The van der Waals surface area contributed by atoms with Crippen molar-refractivity contribution >= 4 is 86.4 Å². The molecule has 396 valence electrons. The molecule has 9 atom stereocenters. The van der Waals surface area contributed by atoms with Gasteiger partial charge in [0, 0.05) is 49.8 Å². The second-order valence-corrected chi connectivity index (χ2v) is 21.0. The molecule has 0 saturated carbocycles. The Morgan fingerprint density at radius 3 is 2.17 bits per heavy atom. The largest absolute Gasteiger partial charge is 0.508 e. The summed E-state index contributed by atoms with van der Waals surface area (Å²) in [5.74, 6) is -8.09. The molecule has 2 aliphatic heterocycles. The summed E-state index contributed by atoms with van der Waals surface area (Å²) in [5, 5.41) is 58.7. The maximum absolute atomic E-state index is 14.7. The van der Waals surface area contributed by atoms with Gasteiger partial charge < -0.3 is 74.0 Å². The number of aromatic hydroxyl groups is 2. The summed E-state index contributed by atoms with van der Waals surface area (Å²) in [4.78, 5) is 124. The molecule has 0 bridgehead atoms. The van der Waals surface area contributed by atoms with E-state index in [1.165, 1.54) is 53.3 Å². The highest BCUT2D eigenvalue weighted by Gasteiger charge is 2.43. The number of carboxylic acid groups (broad SMARTS) is 1. The molecule has 2 aromatic carbocycles. The third-order valence-electron chi connectivity index (χ3n) is 11.5. The number of carboxylic acids is 1. The second kappa shape index (κ2) is 28.4. The fraction of sp³-hybridized carbons (Fsp3) is 0.543. The second-order valence-electron chi connectivity index (χ2n) is 18.1. The average molecular weight is 1070 g/mol. The molecule has 23 nitrogen and oxygen atoms in total. The molecule has 0 spiro atoms. The number of nitrogens with one attached hydrogen (secondary N) is 7. The van der Waals surface area contributed by atoms with E-state index in [1.54, 1.807) is 6.92 Å². The van der Waals surface area contributed by atoms with Crippen LogP contribution >= 0.6 is 33.2 Å². The normalized spacial score (nSPS) is 23.0. The Bertz CT molecular complexity index is 2260. The van der Waals surface area contributed by atoms with Gasteiger partial charge in [-0.3, -0.25) is 43.2 Å². The summed E-state index contributed by atoms with van der Waals surface area (Å²) in [7, 11) is 2.31. The average Bonchev–Trinajstić information content (AvgIpc) is 3.72. The summed E-state index contributed by atoms with van der Waals surface area (Å²) in [6, 6.07) is -0.121. The Balaban J connectivity index is 1.69. The topological polar surface area (TPSA) is 374 Å². The Kier molecular flexibility index (Phi) is 23.2. The first kappa shape index (κ1) is 58.7. The van der Waals surface area contributed by atoms with Crippen molar-refractivity contribution in [1.82, 2.24) is 42.1 Å². The van der Waals surface area contributed by atoms with Crippen LogP contribution in [0.1, 0.15) is 64.0 Å². The van der Waals surface area contributed by atoms with E-state index in [9.17, 15) is 63.6 Å². The van der Waals surface area contributed by atoms with Crippen molar-refractivity contribution < 1.29 is 63.6 Å². The number of amides is 8. The molecule has 0 aromatic heterocycles. The molecule has 26 heteroatoms. The highest BCUT2D eigenvalue weighted by Crippen LogP contribution is 2.27. The lowest BCUT2D eigenvalue weighted by atomic mass is 10.0. The Labute approximate surface area is 429 Å². The molecule has 72 heavy (non-hydrogen) atoms. The minimum absolute atomic E-state index is 0.0354. The van der Waals surface area contributed by atoms with Crippen molar-refractivity contribution in [3.63, 3.8) is 0 Å². The first-order valence-electron chi connectivity index (χ1n) is 23.3. The van der Waals surface area contributed by atoms with Crippen molar-refractivity contribution in [1.29, 1.82) is 0 Å². The summed E-state index contributed by atoms with van der Waals surface area (Å²) < 4.78 is 0. The van der Waals surface area contributed by atoms with E-state index in [2.05, 4.69) is 37.2 Å². The fourth-order valence-corrected chi connectivity index (χ4v) is 10.4. The minimum Gasteiger partial charge on any atom is -0.508 e. The molecular formula is C46H65ClN10O13S2. The van der Waals surface area contributed by atoms with Gasteiger partial charge in [0.1, 0.15) is 47.8 Å². The van der Waals surface area contributed by atoms with E-state index >= 15 is 0 Å². The predicted octanol–water partition coefficient (Wildman–Crippen LogP) is -1.47. The van der Waals surface area contributed by atoms with Crippen LogP contribution in [0.25, 0.3) is 0 Å². The maximum atomic E-state index is 14.7. The SMILES string of the molecule is CC(C)C[C@@H]1NC(=O)CNC(=O)[C@H](Cc2ccc(O)c(Cl)c2)NC(=O)C2CC(O)CN2C(=O)[C@@H](NC(=O)[C@@H](CCC(=O)O)NC(=O)[C@H](Cc2ccc(O)cc2)NC(=O)[C@@H](N)CCN)CSSC[C@@H](C)NC1=O. The van der Waals surface area contributed by atoms with Gasteiger partial charge in [-0.1, -0.05) is 65.2 Å². The van der Waals surface area contributed by atoms with Gasteiger partial charge in [0.2, 0.25) is 47.3 Å². The van der Waals surface area contributed by atoms with Gasteiger partial charge in [0.25, 0.3) is 0 Å². The number of carbonyl (C=O) groups is 9. The number of carbonyl (C=O) groups excluding carboxylic acids is 8. The van der Waals surface area contributed by atoms with Crippen LogP contribution in [0.4, 0.5) is 0 Å². The van der Waals surface area contributed by atoms with Crippen molar-refractivity contribution in [3.8, 4) is 11.5 Å². The number of aliphatic hydroxyl groups excluding tert-OH is 1. The lowest BCUT2D eigenvalue weighted by Crippen LogP contribution is -2.60. The van der Waals surface area contributed by atoms with Gasteiger partial charge in [-0.05, 0) is 74.0 Å². The zero-order valence-electron chi connectivity index (χ0n) is 40.1. The van der Waals surface area contributed by atoms with Crippen molar-refractivity contribution in [2.45, 2.75) is 120 Å². The van der Waals surface area contributed by atoms with Crippen LogP contribution in [0.15, 0.2) is 42.5 Å². The lowest BCUT2D eigenvalue weighted by molar-refractivity contribution is -0.142. The number of hydrogen-bond donors (Lipinski definition) is 13. The van der Waals surface area contributed by atoms with E-state index in [4.69, 9.17) is 23.1 Å². The number of rotatable bonds is 17. The Morgan fingerprint density at radius 1 is 0.847 bits per heavy atom. The molecule has 2 aliphatic rings. The number of phenolic OH excluding ortho intramolecular Hbond substituents is 2. The Morgan fingerprint density at radius 2 is 1.51 bits per heavy atom. The number of halogens is 1. The van der Waals surface area contributed by atoms with Crippen LogP contribution in [-0.4, -0.2) is 164 Å². The van der Waals surface area contributed by atoms with Gasteiger partial charge >= 0.3 is 5.97 Å². The molecule has 2 aromatic rings. The molecule has 2 saturated heterocycles. The zero-order valence-corrected chi connectivity index (χ0v) is 42.4. The van der Waals surface area contributed by atoms with Crippen molar-refractivity contribution in [2.24, 2.45) is 17.4 Å². The molecule has 0 aliphatic carbocycles. The molecular weight excluding hydrogens is 1000 g/mol. The van der Waals surface area contributed by atoms with Gasteiger partial charge in [0.05, 0.1) is 23.7 Å². The molecule has 0 radical (unpaired) electrons. The van der Waals surface area contributed by atoms with Crippen molar-refractivity contribution in [3.05, 3.63) is 58.6 Å². The number of aliphatic carboxylic acids is 1. The number of nitrogens with two attached hydrogens (primary N) is 2. The minimum atomic E-state index is -1.62. The third-order valence-corrected chi connectivity index (χ3v) is 14.4. The van der Waals surface area contributed by atoms with E-state index in [0.717, 1.165) is 15.7 Å². The van der Waals surface area contributed by atoms with E-state index in [1.807, 2.05) is 13.8 Å². The molecule has 2 heterocycles. The van der Waals surface area contributed by atoms with Crippen LogP contribution in [0.3, 0.4) is 0 Å². The number of hydrogen-bond acceptors (Lipinski definition) is 16. The van der Waals surface area contributed by atoms with Crippen LogP contribution in [0.2, 0.25) is 5.02 Å². The lowest BCUT2D eigenvalue weighted by Gasteiger charge is -2.31. The fourth-order valence-electron chi connectivity index (χ4n) is 7.71. The summed E-state index contributed by atoms with van der Waals surface area (Å²) in [6.45, 7) is 4.51. The van der Waals surface area contributed by atoms with Gasteiger partial charge in [0.15, 0.2) is 0 Å². The molecule has 2 unspecified atom stereocenters. The zero-order chi connectivity index (χ0) is 53.2. The van der Waals surface area contributed by atoms with Crippen LogP contribution in [0.5, 0.6) is 11.5 Å². The highest BCUT2D eigenvalue weighted by atomic mass is 35.5. The van der Waals surface area contributed by atoms with E-state index in [0.29, 0.717) is 11.1 Å². The van der Waals surface area contributed by atoms with Gasteiger partial charge in [-0.15, -0.1) is 0 Å². The number of fused-ring (bicyclic) bond motifs is 1. The smallest absolute Gasteiger partial charge is 0.303 e. The van der Waals surface area contributed by atoms with Crippen LogP contribution in [-0.2, 0) is 56.0 Å². The molecule has 4 rings (SSSR count). The molecule has 8 amide bonds. The standard InChI is InChI=1S/C46H65ClN10O13S2/c1-23(2)14-32-43(67)51-24(3)21-71-72-22-35(56-42(66)31(9-11-39(62)63)53-44(68)34(54-40(64)30(49)12-13-48)16-25-4-7-27(58)8-5-25)46(70)57-20-28(59)18-36(57)45(69)55-33(41(65)50-19-38(61)52-32)17-26-6-10-37(60)29(47)15-26/h4-8,10,15,23-24,28,30-36,58-60H,9,11-14,16-22,48-49H2,1-3H3,(H,50,65)(H,51,67)(H,52,61)(H,53,68)(H,54,64)(H,55,69)(H,56,66)(H,62,63)/t24-,28?,30+,31-,32+,33+,34+,35+,36?/m1/s1. The van der Waals surface area contributed by atoms with E-state index < -0.39 is 134 Å². The summed E-state index contributed by atoms with van der Waals surface area (Å²) in [5.41, 5.74) is 12.4. The van der Waals surface area contributed by atoms with E-state index in [-0.39, 0.29) is 72.6 Å². The predicted molar refractivity (Wildman–Crippen MR) is 268 cm³/mol. The molecule has 15 N–H and O–H groups in total. The Hall–Kier alpha value is -5.86. The van der Waals surface area contributed by atoms with Gasteiger partial charge in [-0.25, -0.2) is 0 Å². The summed E-state index contributed by atoms with van der Waals surface area (Å²) in [6.07, 6.45) is -2.73. The highest BCUT2D eigenvalue weighted by molar-refractivity contribution is 8.76. The molecule has 2 fully saturated rings.